The maximum atomic E-state index is 12.3. The largest absolute Gasteiger partial charge is 0.497 e. The summed E-state index contributed by atoms with van der Waals surface area (Å²) in [5.74, 6) is 0.977. The van der Waals surface area contributed by atoms with Gasteiger partial charge in [0.25, 0.3) is 0 Å². The van der Waals surface area contributed by atoms with E-state index in [2.05, 4.69) is 25.2 Å². The lowest BCUT2D eigenvalue weighted by atomic mass is 9.97. The third-order valence-electron chi connectivity index (χ3n) is 4.72. The normalized spacial score (nSPS) is 10.6. The number of aryl methyl sites for hydroxylation is 1. The summed E-state index contributed by atoms with van der Waals surface area (Å²) in [6, 6.07) is 13.5. The topological polar surface area (TPSA) is 58.6 Å². The van der Waals surface area contributed by atoms with Crippen LogP contribution in [0.4, 0.5) is 5.69 Å². The Morgan fingerprint density at radius 1 is 1.11 bits per heavy atom. The molecule has 0 spiro atoms. The Morgan fingerprint density at radius 2 is 1.79 bits per heavy atom. The number of hydrogen-bond donors (Lipinski definition) is 1. The minimum absolute atomic E-state index is 0.0272. The van der Waals surface area contributed by atoms with Crippen LogP contribution in [0.2, 0.25) is 0 Å². The molecule has 2 rings (SSSR count). The standard InChI is InChI=1S/C23H30N2O3/c1-16(2)21-8-6-7-17(3)23(21)25(18(4)26)14-13-24-22(27)15-19-9-11-20(28-5)12-10-19/h6-12,16H,13-15H2,1-5H3,(H,24,27). The number of benzene rings is 2. The van der Waals surface area contributed by atoms with Crippen LogP contribution in [0.15, 0.2) is 42.5 Å². The molecule has 0 fully saturated rings. The summed E-state index contributed by atoms with van der Waals surface area (Å²) in [5.41, 5.74) is 4.07. The molecule has 5 heteroatoms. The van der Waals surface area contributed by atoms with E-state index in [1.54, 1.807) is 18.9 Å². The first-order valence-corrected chi connectivity index (χ1v) is 9.60. The van der Waals surface area contributed by atoms with Gasteiger partial charge in [0.1, 0.15) is 5.75 Å². The van der Waals surface area contributed by atoms with E-state index < -0.39 is 0 Å². The summed E-state index contributed by atoms with van der Waals surface area (Å²) in [6.07, 6.45) is 0.297. The van der Waals surface area contributed by atoms with E-state index in [9.17, 15) is 9.59 Å². The monoisotopic (exact) mass is 382 g/mol. The second-order valence-electron chi connectivity index (χ2n) is 7.21. The highest BCUT2D eigenvalue weighted by Crippen LogP contribution is 2.30. The van der Waals surface area contributed by atoms with Crippen molar-refractivity contribution in [1.82, 2.24) is 5.32 Å². The summed E-state index contributed by atoms with van der Waals surface area (Å²) < 4.78 is 5.13. The Kier molecular flexibility index (Phi) is 7.61. The maximum absolute atomic E-state index is 12.3. The second-order valence-corrected chi connectivity index (χ2v) is 7.21. The van der Waals surface area contributed by atoms with Crippen LogP contribution >= 0.6 is 0 Å². The van der Waals surface area contributed by atoms with Gasteiger partial charge in [0.15, 0.2) is 0 Å². The minimum atomic E-state index is -0.0671. The lowest BCUT2D eigenvalue weighted by Gasteiger charge is -2.27. The van der Waals surface area contributed by atoms with E-state index in [-0.39, 0.29) is 11.8 Å². The zero-order chi connectivity index (χ0) is 20.7. The summed E-state index contributed by atoms with van der Waals surface area (Å²) in [6.45, 7) is 8.66. The van der Waals surface area contributed by atoms with Crippen LogP contribution in [0, 0.1) is 6.92 Å². The van der Waals surface area contributed by atoms with Crippen LogP contribution in [0.25, 0.3) is 0 Å². The lowest BCUT2D eigenvalue weighted by molar-refractivity contribution is -0.121. The van der Waals surface area contributed by atoms with Crippen LogP contribution < -0.4 is 15.0 Å². The Hall–Kier alpha value is -2.82. The molecular weight excluding hydrogens is 352 g/mol. The summed E-state index contributed by atoms with van der Waals surface area (Å²) >= 11 is 0. The zero-order valence-corrected chi connectivity index (χ0v) is 17.4. The molecule has 5 nitrogen and oxygen atoms in total. The Balaban J connectivity index is 2.00. The van der Waals surface area contributed by atoms with E-state index in [1.807, 2.05) is 43.3 Å². The Morgan fingerprint density at radius 3 is 2.36 bits per heavy atom. The lowest BCUT2D eigenvalue weighted by Crippen LogP contribution is -2.39. The van der Waals surface area contributed by atoms with Gasteiger partial charge >= 0.3 is 0 Å². The van der Waals surface area contributed by atoms with Gasteiger partial charge in [0.05, 0.1) is 19.2 Å². The molecule has 0 aliphatic rings. The average molecular weight is 383 g/mol. The molecule has 0 heterocycles. The summed E-state index contributed by atoms with van der Waals surface area (Å²) in [4.78, 5) is 26.3. The highest BCUT2D eigenvalue weighted by molar-refractivity contribution is 5.93. The van der Waals surface area contributed by atoms with Gasteiger partial charge in [-0.2, -0.15) is 0 Å². The van der Waals surface area contributed by atoms with E-state index in [0.717, 1.165) is 28.1 Å². The molecule has 0 bridgehead atoms. The van der Waals surface area contributed by atoms with Crippen LogP contribution in [0.1, 0.15) is 43.4 Å². The molecular formula is C23H30N2O3. The molecule has 0 aromatic heterocycles. The Labute approximate surface area is 167 Å². The number of hydrogen-bond acceptors (Lipinski definition) is 3. The van der Waals surface area contributed by atoms with Crippen molar-refractivity contribution < 1.29 is 14.3 Å². The first-order chi connectivity index (χ1) is 13.3. The van der Waals surface area contributed by atoms with Gasteiger partial charge in [-0.25, -0.2) is 0 Å². The number of methoxy groups -OCH3 is 1. The fourth-order valence-electron chi connectivity index (χ4n) is 3.24. The van der Waals surface area contributed by atoms with E-state index in [1.165, 1.54) is 0 Å². The number of anilines is 1. The van der Waals surface area contributed by atoms with Crippen molar-refractivity contribution in [1.29, 1.82) is 0 Å². The van der Waals surface area contributed by atoms with Crippen molar-refractivity contribution in [3.05, 3.63) is 59.2 Å². The third kappa shape index (κ3) is 5.59. The van der Waals surface area contributed by atoms with Crippen LogP contribution in [-0.2, 0) is 16.0 Å². The van der Waals surface area contributed by atoms with Crippen molar-refractivity contribution in [2.75, 3.05) is 25.1 Å². The molecule has 0 unspecified atom stereocenters. The third-order valence-corrected chi connectivity index (χ3v) is 4.72. The van der Waals surface area contributed by atoms with Crippen LogP contribution in [0.3, 0.4) is 0 Å². The molecule has 0 aliphatic carbocycles. The van der Waals surface area contributed by atoms with Gasteiger partial charge in [-0.05, 0) is 41.7 Å². The summed E-state index contributed by atoms with van der Waals surface area (Å²) in [5, 5.41) is 2.92. The smallest absolute Gasteiger partial charge is 0.224 e. The number of amides is 2. The molecule has 2 amide bonds. The highest BCUT2D eigenvalue weighted by atomic mass is 16.5. The fraction of sp³-hybridized carbons (Fsp3) is 0.391. The highest BCUT2D eigenvalue weighted by Gasteiger charge is 2.19. The van der Waals surface area contributed by atoms with Crippen LogP contribution in [-0.4, -0.2) is 32.0 Å². The van der Waals surface area contributed by atoms with Crippen molar-refractivity contribution in [2.24, 2.45) is 0 Å². The van der Waals surface area contributed by atoms with E-state index >= 15 is 0 Å². The van der Waals surface area contributed by atoms with Crippen molar-refractivity contribution >= 4 is 17.5 Å². The number of rotatable bonds is 8. The molecule has 0 aliphatic heterocycles. The predicted molar refractivity (Wildman–Crippen MR) is 113 cm³/mol. The van der Waals surface area contributed by atoms with Gasteiger partial charge in [-0.3, -0.25) is 9.59 Å². The molecule has 0 atom stereocenters. The first-order valence-electron chi connectivity index (χ1n) is 9.60. The van der Waals surface area contributed by atoms with E-state index in [0.29, 0.717) is 25.4 Å². The van der Waals surface area contributed by atoms with Crippen molar-refractivity contribution in [2.45, 2.75) is 40.0 Å². The molecule has 0 radical (unpaired) electrons. The SMILES string of the molecule is COc1ccc(CC(=O)NCCN(C(C)=O)c2c(C)cccc2C(C)C)cc1. The molecule has 0 saturated carbocycles. The average Bonchev–Trinajstić information content (AvgIpc) is 2.66. The molecule has 28 heavy (non-hydrogen) atoms. The van der Waals surface area contributed by atoms with Gasteiger partial charge in [-0.15, -0.1) is 0 Å². The molecule has 2 aromatic carbocycles. The van der Waals surface area contributed by atoms with Crippen molar-refractivity contribution in [3.8, 4) is 5.75 Å². The Bertz CT molecular complexity index is 813. The zero-order valence-electron chi connectivity index (χ0n) is 17.4. The quantitative estimate of drug-likeness (QED) is 0.755. The fourth-order valence-corrected chi connectivity index (χ4v) is 3.24. The van der Waals surface area contributed by atoms with Gasteiger partial charge < -0.3 is 15.0 Å². The number of nitrogens with one attached hydrogen (secondary N) is 1. The molecule has 2 aromatic rings. The molecule has 1 N–H and O–H groups in total. The van der Waals surface area contributed by atoms with Gasteiger partial charge in [0.2, 0.25) is 11.8 Å². The van der Waals surface area contributed by atoms with E-state index in [4.69, 9.17) is 4.74 Å². The number of para-hydroxylation sites is 1. The maximum Gasteiger partial charge on any atom is 0.224 e. The first kappa shape index (κ1) is 21.5. The second kappa shape index (κ2) is 9.93. The number of ether oxygens (including phenoxy) is 1. The van der Waals surface area contributed by atoms with Gasteiger partial charge in [-0.1, -0.05) is 44.2 Å². The van der Waals surface area contributed by atoms with Crippen molar-refractivity contribution in [3.63, 3.8) is 0 Å². The number of carbonyl (C=O) groups is 2. The minimum Gasteiger partial charge on any atom is -0.497 e. The predicted octanol–water partition coefficient (Wildman–Crippen LogP) is 3.84. The number of nitrogens with zero attached hydrogens (tertiary/aromatic N) is 1. The molecule has 150 valence electrons. The molecule has 0 saturated heterocycles. The van der Waals surface area contributed by atoms with Gasteiger partial charge in [0, 0.05) is 20.0 Å². The summed E-state index contributed by atoms with van der Waals surface area (Å²) in [7, 11) is 1.61. The number of carbonyl (C=O) groups excluding carboxylic acids is 2. The van der Waals surface area contributed by atoms with Crippen LogP contribution in [0.5, 0.6) is 5.75 Å².